The Balaban J connectivity index is 2.01. The highest BCUT2D eigenvalue weighted by molar-refractivity contribution is 5.39. The molecule has 4 nitrogen and oxygen atoms in total. The van der Waals surface area contributed by atoms with Crippen molar-refractivity contribution in [3.63, 3.8) is 0 Å². The molecule has 30 heavy (non-hydrogen) atoms. The zero-order valence-corrected chi connectivity index (χ0v) is 16.2. The van der Waals surface area contributed by atoms with Gasteiger partial charge in [0.1, 0.15) is 5.75 Å². The Labute approximate surface area is 171 Å². The number of rotatable bonds is 10. The number of benzene rings is 2. The fourth-order valence-electron chi connectivity index (χ4n) is 2.83. The van der Waals surface area contributed by atoms with E-state index in [9.17, 15) is 32.2 Å². The van der Waals surface area contributed by atoms with Crippen LogP contribution in [0.3, 0.4) is 0 Å². The van der Waals surface area contributed by atoms with E-state index in [4.69, 9.17) is 10.5 Å². The van der Waals surface area contributed by atoms with Crippen molar-refractivity contribution in [1.82, 2.24) is 0 Å². The molecule has 0 aromatic heterocycles. The minimum absolute atomic E-state index is 0.0393. The molecule has 166 valence electrons. The van der Waals surface area contributed by atoms with Gasteiger partial charge in [0.2, 0.25) is 0 Å². The fourth-order valence-corrected chi connectivity index (χ4v) is 2.83. The van der Waals surface area contributed by atoms with Crippen LogP contribution in [0.5, 0.6) is 5.75 Å². The van der Waals surface area contributed by atoms with E-state index in [1.165, 1.54) is 18.2 Å². The highest BCUT2D eigenvalue weighted by atomic mass is 19.4. The minimum Gasteiger partial charge on any atom is -0.493 e. The maximum absolute atomic E-state index is 13.4. The van der Waals surface area contributed by atoms with Gasteiger partial charge in [-0.25, -0.2) is 8.78 Å². The van der Waals surface area contributed by atoms with Gasteiger partial charge in [-0.15, -0.1) is 0 Å². The lowest BCUT2D eigenvalue weighted by atomic mass is 9.93. The Bertz CT molecular complexity index is 838. The number of aliphatic hydroxyl groups excluding tert-OH is 2. The average Bonchev–Trinajstić information content (AvgIpc) is 2.71. The number of alkyl halides is 3. The largest absolute Gasteiger partial charge is 0.493 e. The van der Waals surface area contributed by atoms with Crippen molar-refractivity contribution in [1.29, 1.82) is 0 Å². The summed E-state index contributed by atoms with van der Waals surface area (Å²) in [7, 11) is 0. The number of halogens is 5. The van der Waals surface area contributed by atoms with Crippen LogP contribution in [-0.2, 0) is 19.0 Å². The molecule has 0 fully saturated rings. The number of hydrogen-bond acceptors (Lipinski definition) is 4. The van der Waals surface area contributed by atoms with Crippen LogP contribution in [0.4, 0.5) is 22.0 Å². The number of aryl methyl sites for hydroxylation is 2. The van der Waals surface area contributed by atoms with Crippen LogP contribution in [0.25, 0.3) is 0 Å². The molecule has 0 saturated heterocycles. The van der Waals surface area contributed by atoms with E-state index < -0.39 is 42.1 Å². The molecule has 0 aliphatic rings. The Hall–Kier alpha value is -2.23. The van der Waals surface area contributed by atoms with E-state index in [0.717, 1.165) is 18.2 Å². The summed E-state index contributed by atoms with van der Waals surface area (Å²) in [5, 5.41) is 18.4. The third-order valence-electron chi connectivity index (χ3n) is 4.74. The smallest absolute Gasteiger partial charge is 0.419 e. The molecule has 4 N–H and O–H groups in total. The van der Waals surface area contributed by atoms with Crippen molar-refractivity contribution in [3.8, 4) is 5.75 Å². The van der Waals surface area contributed by atoms with Gasteiger partial charge in [0.15, 0.2) is 11.6 Å². The predicted molar refractivity (Wildman–Crippen MR) is 101 cm³/mol. The van der Waals surface area contributed by atoms with Crippen molar-refractivity contribution < 1.29 is 36.9 Å². The summed E-state index contributed by atoms with van der Waals surface area (Å²) in [6.07, 6.45) is -3.77. The van der Waals surface area contributed by atoms with Gasteiger partial charge in [-0.2, -0.15) is 13.2 Å². The molecule has 9 heteroatoms. The van der Waals surface area contributed by atoms with Crippen LogP contribution < -0.4 is 10.5 Å². The molecular weight excluding hydrogens is 409 g/mol. The zero-order valence-electron chi connectivity index (χ0n) is 16.2. The first-order chi connectivity index (χ1) is 14.1. The van der Waals surface area contributed by atoms with Gasteiger partial charge in [-0.3, -0.25) is 0 Å². The number of hydrogen-bond donors (Lipinski definition) is 3. The second-order valence-corrected chi connectivity index (χ2v) is 7.21. The molecule has 0 amide bonds. The van der Waals surface area contributed by atoms with Crippen LogP contribution in [0.15, 0.2) is 36.4 Å². The summed E-state index contributed by atoms with van der Waals surface area (Å²) in [6, 6.07) is 7.09. The van der Waals surface area contributed by atoms with E-state index in [1.54, 1.807) is 0 Å². The van der Waals surface area contributed by atoms with E-state index in [2.05, 4.69) is 0 Å². The quantitative estimate of drug-likeness (QED) is 0.395. The van der Waals surface area contributed by atoms with Crippen LogP contribution in [0.2, 0.25) is 0 Å². The summed E-state index contributed by atoms with van der Waals surface area (Å²) < 4.78 is 71.7. The van der Waals surface area contributed by atoms with Crippen molar-refractivity contribution in [2.75, 3.05) is 19.8 Å². The van der Waals surface area contributed by atoms with Gasteiger partial charge < -0.3 is 20.7 Å². The second-order valence-electron chi connectivity index (χ2n) is 7.21. The molecule has 0 spiro atoms. The van der Waals surface area contributed by atoms with Gasteiger partial charge >= 0.3 is 6.18 Å². The average molecular weight is 433 g/mol. The Morgan fingerprint density at radius 1 is 0.867 bits per heavy atom. The van der Waals surface area contributed by atoms with Crippen molar-refractivity contribution in [2.45, 2.75) is 37.4 Å². The molecular formula is C21H24F5NO3. The van der Waals surface area contributed by atoms with E-state index in [1.807, 2.05) is 0 Å². The Morgan fingerprint density at radius 3 is 2.10 bits per heavy atom. The highest BCUT2D eigenvalue weighted by Gasteiger charge is 2.35. The first kappa shape index (κ1) is 24.0. The molecule has 0 aliphatic carbocycles. The molecule has 0 heterocycles. The van der Waals surface area contributed by atoms with Gasteiger partial charge in [0.05, 0.1) is 30.9 Å². The Morgan fingerprint density at radius 2 is 1.50 bits per heavy atom. The lowest BCUT2D eigenvalue weighted by Gasteiger charge is -2.24. The maximum atomic E-state index is 13.4. The standard InChI is InChI=1S/C21H24F5NO3/c22-17-5-3-14(11-18(17)23)2-1-9-30-19-6-4-15(10-16(19)21(24,25)26)7-8-20(27,12-28)13-29/h3-6,10-11,28-29H,1-2,7-9,12-13,27H2. The van der Waals surface area contributed by atoms with Crippen molar-refractivity contribution in [2.24, 2.45) is 5.73 Å². The lowest BCUT2D eigenvalue weighted by molar-refractivity contribution is -0.139. The van der Waals surface area contributed by atoms with Crippen molar-refractivity contribution in [3.05, 3.63) is 64.7 Å². The molecule has 2 aromatic rings. The van der Waals surface area contributed by atoms with E-state index in [-0.39, 0.29) is 25.2 Å². The topological polar surface area (TPSA) is 75.7 Å². The molecule has 0 saturated carbocycles. The summed E-state index contributed by atoms with van der Waals surface area (Å²) in [5.74, 6) is -2.28. The molecule has 0 aliphatic heterocycles. The monoisotopic (exact) mass is 433 g/mol. The molecule has 0 atom stereocenters. The fraction of sp³-hybridized carbons (Fsp3) is 0.429. The predicted octanol–water partition coefficient (Wildman–Crippen LogP) is 3.61. The SMILES string of the molecule is NC(CO)(CO)CCc1ccc(OCCCc2ccc(F)c(F)c2)c(C(F)(F)F)c1. The molecule has 0 unspecified atom stereocenters. The van der Waals surface area contributed by atoms with Gasteiger partial charge in [0, 0.05) is 0 Å². The van der Waals surface area contributed by atoms with Crippen LogP contribution in [0, 0.1) is 11.6 Å². The summed E-state index contributed by atoms with van der Waals surface area (Å²) in [6.45, 7) is -1.02. The number of aliphatic hydroxyl groups is 2. The first-order valence-electron chi connectivity index (χ1n) is 9.35. The van der Waals surface area contributed by atoms with Gasteiger partial charge in [-0.05, 0) is 61.1 Å². The van der Waals surface area contributed by atoms with Gasteiger partial charge in [0.25, 0.3) is 0 Å². The maximum Gasteiger partial charge on any atom is 0.419 e. The van der Waals surface area contributed by atoms with Crippen LogP contribution in [-0.4, -0.2) is 35.6 Å². The second kappa shape index (κ2) is 10.2. The van der Waals surface area contributed by atoms with E-state index >= 15 is 0 Å². The minimum atomic E-state index is -4.64. The highest BCUT2D eigenvalue weighted by Crippen LogP contribution is 2.37. The molecule has 0 radical (unpaired) electrons. The molecule has 0 bridgehead atoms. The van der Waals surface area contributed by atoms with E-state index in [0.29, 0.717) is 24.0 Å². The summed E-state index contributed by atoms with van der Waals surface area (Å²) >= 11 is 0. The first-order valence-corrected chi connectivity index (χ1v) is 9.35. The molecule has 2 aromatic carbocycles. The number of nitrogens with two attached hydrogens (primary N) is 1. The molecule has 2 rings (SSSR count). The van der Waals surface area contributed by atoms with Gasteiger partial charge in [-0.1, -0.05) is 12.1 Å². The lowest BCUT2D eigenvalue weighted by Crippen LogP contribution is -2.47. The zero-order chi connectivity index (χ0) is 22.4. The van der Waals surface area contributed by atoms with Crippen LogP contribution >= 0.6 is 0 Å². The Kier molecular flexibility index (Phi) is 8.17. The third kappa shape index (κ3) is 6.65. The van der Waals surface area contributed by atoms with Crippen molar-refractivity contribution >= 4 is 0 Å². The summed E-state index contributed by atoms with van der Waals surface area (Å²) in [4.78, 5) is 0. The summed E-state index contributed by atoms with van der Waals surface area (Å²) in [5.41, 5.74) is 4.40. The third-order valence-corrected chi connectivity index (χ3v) is 4.74. The normalized spacial score (nSPS) is 12.3. The number of ether oxygens (including phenoxy) is 1. The van der Waals surface area contributed by atoms with Crippen LogP contribution in [0.1, 0.15) is 29.5 Å².